The van der Waals surface area contributed by atoms with Crippen molar-refractivity contribution in [1.82, 2.24) is 9.80 Å². The number of amides is 2. The van der Waals surface area contributed by atoms with E-state index in [9.17, 15) is 9.18 Å². The molecule has 1 heterocycles. The molecule has 1 aliphatic heterocycles. The summed E-state index contributed by atoms with van der Waals surface area (Å²) < 4.78 is 13.3. The molecular weight excluding hydrogens is 269 g/mol. The summed E-state index contributed by atoms with van der Waals surface area (Å²) in [4.78, 5) is 16.4. The number of anilines is 1. The van der Waals surface area contributed by atoms with Gasteiger partial charge in [-0.1, -0.05) is 6.07 Å². The third kappa shape index (κ3) is 4.17. The summed E-state index contributed by atoms with van der Waals surface area (Å²) >= 11 is 0. The minimum Gasteiger partial charge on any atom is -0.324 e. The molecule has 1 aromatic rings. The Morgan fingerprint density at radius 3 is 2.81 bits per heavy atom. The molecule has 0 saturated carbocycles. The van der Waals surface area contributed by atoms with Crippen LogP contribution in [0.2, 0.25) is 0 Å². The minimum absolute atomic E-state index is 0.136. The van der Waals surface area contributed by atoms with E-state index in [-0.39, 0.29) is 11.8 Å². The lowest BCUT2D eigenvalue weighted by atomic mass is 10.1. The van der Waals surface area contributed by atoms with E-state index >= 15 is 0 Å². The average molecular weight is 293 g/mol. The van der Waals surface area contributed by atoms with E-state index in [1.165, 1.54) is 12.1 Å². The first kappa shape index (κ1) is 15.8. The van der Waals surface area contributed by atoms with E-state index in [4.69, 9.17) is 0 Å². The molecule has 21 heavy (non-hydrogen) atoms. The average Bonchev–Trinajstić information content (AvgIpc) is 2.68. The van der Waals surface area contributed by atoms with Crippen LogP contribution < -0.4 is 5.32 Å². The fourth-order valence-electron chi connectivity index (χ4n) is 2.72. The van der Waals surface area contributed by atoms with Gasteiger partial charge in [0.05, 0.1) is 0 Å². The predicted octanol–water partition coefficient (Wildman–Crippen LogP) is 3.08. The second-order valence-electron chi connectivity index (χ2n) is 5.92. The van der Waals surface area contributed by atoms with Gasteiger partial charge in [0.25, 0.3) is 0 Å². The van der Waals surface area contributed by atoms with Crippen LogP contribution >= 0.6 is 0 Å². The lowest BCUT2D eigenvalue weighted by molar-refractivity contribution is 0.210. The largest absolute Gasteiger partial charge is 0.324 e. The van der Waals surface area contributed by atoms with Crippen LogP contribution in [0.25, 0.3) is 0 Å². The van der Waals surface area contributed by atoms with Crippen LogP contribution in [0, 0.1) is 12.7 Å². The SMILES string of the molecule is Cc1ccc(F)cc1NC(=O)N1CCC[C@@H](N(C)C)CC1. The standard InChI is InChI=1S/C16H24FN3O/c1-12-6-7-13(17)11-15(12)18-16(21)20-9-4-5-14(8-10-20)19(2)3/h6-7,11,14H,4-5,8-10H2,1-3H3,(H,18,21)/t14-/m1/s1. The Labute approximate surface area is 125 Å². The van der Waals surface area contributed by atoms with Crippen molar-refractivity contribution in [3.8, 4) is 0 Å². The smallest absolute Gasteiger partial charge is 0.321 e. The van der Waals surface area contributed by atoms with E-state index in [2.05, 4.69) is 24.3 Å². The van der Waals surface area contributed by atoms with E-state index in [0.717, 1.165) is 37.9 Å². The van der Waals surface area contributed by atoms with Gasteiger partial charge in [-0.25, -0.2) is 9.18 Å². The first-order valence-corrected chi connectivity index (χ1v) is 7.46. The quantitative estimate of drug-likeness (QED) is 0.909. The van der Waals surface area contributed by atoms with Gasteiger partial charge >= 0.3 is 6.03 Å². The first-order valence-electron chi connectivity index (χ1n) is 7.46. The Morgan fingerprint density at radius 2 is 2.10 bits per heavy atom. The van der Waals surface area contributed by atoms with Crippen molar-refractivity contribution >= 4 is 11.7 Å². The summed E-state index contributed by atoms with van der Waals surface area (Å²) in [5.74, 6) is -0.334. The number of benzene rings is 1. The summed E-state index contributed by atoms with van der Waals surface area (Å²) in [5.41, 5.74) is 1.42. The van der Waals surface area contributed by atoms with Gasteiger partial charge < -0.3 is 15.1 Å². The van der Waals surface area contributed by atoms with Gasteiger partial charge in [0, 0.05) is 24.8 Å². The number of nitrogens with zero attached hydrogens (tertiary/aromatic N) is 2. The van der Waals surface area contributed by atoms with Crippen molar-refractivity contribution in [1.29, 1.82) is 0 Å². The molecule has 1 aromatic carbocycles. The zero-order valence-corrected chi connectivity index (χ0v) is 13.0. The normalized spacial score (nSPS) is 19.5. The number of nitrogens with one attached hydrogen (secondary N) is 1. The molecule has 1 N–H and O–H groups in total. The van der Waals surface area contributed by atoms with Gasteiger partial charge in [-0.05, 0) is 58.0 Å². The lowest BCUT2D eigenvalue weighted by Crippen LogP contribution is -2.36. The van der Waals surface area contributed by atoms with Crippen LogP contribution in [0.1, 0.15) is 24.8 Å². The minimum atomic E-state index is -0.334. The van der Waals surface area contributed by atoms with Crippen LogP contribution in [0.15, 0.2) is 18.2 Å². The Morgan fingerprint density at radius 1 is 1.33 bits per heavy atom. The van der Waals surface area contributed by atoms with Gasteiger partial charge in [0.1, 0.15) is 5.82 Å². The van der Waals surface area contributed by atoms with E-state index < -0.39 is 0 Å². The summed E-state index contributed by atoms with van der Waals surface area (Å²) in [5, 5.41) is 2.83. The van der Waals surface area contributed by atoms with Gasteiger partial charge in [-0.3, -0.25) is 0 Å². The number of hydrogen-bond donors (Lipinski definition) is 1. The lowest BCUT2D eigenvalue weighted by Gasteiger charge is -2.24. The van der Waals surface area contributed by atoms with Crippen molar-refractivity contribution in [2.24, 2.45) is 0 Å². The molecule has 1 atom stereocenters. The summed E-state index contributed by atoms with van der Waals surface area (Å²) in [6.45, 7) is 3.35. The number of halogens is 1. The molecule has 4 nitrogen and oxygen atoms in total. The molecule has 1 fully saturated rings. The van der Waals surface area contributed by atoms with Crippen LogP contribution in [0.4, 0.5) is 14.9 Å². The Hall–Kier alpha value is -1.62. The number of rotatable bonds is 2. The Kier molecular flexibility index (Phi) is 5.17. The number of carbonyl (C=O) groups excluding carboxylic acids is 1. The highest BCUT2D eigenvalue weighted by molar-refractivity contribution is 5.90. The predicted molar refractivity (Wildman–Crippen MR) is 83.1 cm³/mol. The number of hydrogen-bond acceptors (Lipinski definition) is 2. The summed E-state index contributed by atoms with van der Waals surface area (Å²) in [7, 11) is 4.16. The fraction of sp³-hybridized carbons (Fsp3) is 0.562. The third-order valence-electron chi connectivity index (χ3n) is 4.16. The number of urea groups is 1. The molecule has 116 valence electrons. The van der Waals surface area contributed by atoms with Crippen molar-refractivity contribution in [2.45, 2.75) is 32.2 Å². The topological polar surface area (TPSA) is 35.6 Å². The maximum absolute atomic E-state index is 13.3. The van der Waals surface area contributed by atoms with Crippen LogP contribution in [-0.4, -0.2) is 49.1 Å². The van der Waals surface area contributed by atoms with Crippen LogP contribution in [0.3, 0.4) is 0 Å². The van der Waals surface area contributed by atoms with E-state index in [1.54, 1.807) is 6.07 Å². The number of aryl methyl sites for hydroxylation is 1. The molecule has 1 aliphatic rings. The monoisotopic (exact) mass is 293 g/mol. The van der Waals surface area contributed by atoms with Crippen molar-refractivity contribution in [3.05, 3.63) is 29.6 Å². The molecule has 0 aliphatic carbocycles. The van der Waals surface area contributed by atoms with E-state index in [1.807, 2.05) is 11.8 Å². The molecule has 1 saturated heterocycles. The van der Waals surface area contributed by atoms with Crippen molar-refractivity contribution < 1.29 is 9.18 Å². The van der Waals surface area contributed by atoms with E-state index in [0.29, 0.717) is 11.7 Å². The molecule has 0 unspecified atom stereocenters. The number of likely N-dealkylation sites (tertiary alicyclic amines) is 1. The molecule has 2 rings (SSSR count). The zero-order chi connectivity index (χ0) is 15.4. The highest BCUT2D eigenvalue weighted by Gasteiger charge is 2.22. The second-order valence-corrected chi connectivity index (χ2v) is 5.92. The van der Waals surface area contributed by atoms with Crippen LogP contribution in [-0.2, 0) is 0 Å². The van der Waals surface area contributed by atoms with Crippen molar-refractivity contribution in [2.75, 3.05) is 32.5 Å². The van der Waals surface area contributed by atoms with Crippen LogP contribution in [0.5, 0.6) is 0 Å². The van der Waals surface area contributed by atoms with Gasteiger partial charge in [-0.2, -0.15) is 0 Å². The molecular formula is C16H24FN3O. The fourth-order valence-corrected chi connectivity index (χ4v) is 2.72. The summed E-state index contributed by atoms with van der Waals surface area (Å²) in [6.07, 6.45) is 3.08. The maximum Gasteiger partial charge on any atom is 0.321 e. The molecule has 0 aromatic heterocycles. The molecule has 0 bridgehead atoms. The van der Waals surface area contributed by atoms with Gasteiger partial charge in [0.2, 0.25) is 0 Å². The molecule has 0 spiro atoms. The van der Waals surface area contributed by atoms with Crippen molar-refractivity contribution in [3.63, 3.8) is 0 Å². The molecule has 5 heteroatoms. The highest BCUT2D eigenvalue weighted by atomic mass is 19.1. The zero-order valence-electron chi connectivity index (χ0n) is 13.0. The van der Waals surface area contributed by atoms with Gasteiger partial charge in [0.15, 0.2) is 0 Å². The number of carbonyl (C=O) groups is 1. The Balaban J connectivity index is 1.98. The Bertz CT molecular complexity index is 504. The first-order chi connectivity index (χ1) is 9.97. The highest BCUT2D eigenvalue weighted by Crippen LogP contribution is 2.19. The summed E-state index contributed by atoms with van der Waals surface area (Å²) in [6, 6.07) is 4.84. The second kappa shape index (κ2) is 6.89. The molecule has 2 amide bonds. The van der Waals surface area contributed by atoms with Gasteiger partial charge in [-0.15, -0.1) is 0 Å². The third-order valence-corrected chi connectivity index (χ3v) is 4.16. The molecule has 0 radical (unpaired) electrons. The maximum atomic E-state index is 13.3.